The largest absolute Gasteiger partial charge is 0.384 e. The van der Waals surface area contributed by atoms with E-state index in [4.69, 9.17) is 9.47 Å². The fourth-order valence-corrected chi connectivity index (χ4v) is 3.83. The molecule has 5 heteroatoms. The highest BCUT2D eigenvalue weighted by Crippen LogP contribution is 2.41. The Labute approximate surface area is 135 Å². The number of ether oxygens (including phenoxy) is 2. The van der Waals surface area contributed by atoms with Crippen molar-refractivity contribution in [3.63, 3.8) is 0 Å². The average Bonchev–Trinajstić information content (AvgIpc) is 3.11. The lowest BCUT2D eigenvalue weighted by atomic mass is 9.82. The number of aromatic nitrogens is 1. The van der Waals surface area contributed by atoms with Crippen LogP contribution in [0.1, 0.15) is 10.5 Å². The van der Waals surface area contributed by atoms with E-state index in [0.717, 1.165) is 17.4 Å². The van der Waals surface area contributed by atoms with Gasteiger partial charge in [0, 0.05) is 36.9 Å². The van der Waals surface area contributed by atoms with E-state index in [9.17, 15) is 4.79 Å². The highest BCUT2D eigenvalue weighted by atomic mass is 16.5. The van der Waals surface area contributed by atoms with Gasteiger partial charge in [0.25, 0.3) is 5.91 Å². The van der Waals surface area contributed by atoms with Crippen LogP contribution in [0.5, 0.6) is 0 Å². The molecule has 0 unspecified atom stereocenters. The number of nitrogens with zero attached hydrogens (tertiary/aromatic N) is 2. The van der Waals surface area contributed by atoms with Crippen LogP contribution in [-0.4, -0.2) is 55.8 Å². The number of fused-ring (bicyclic) bond motifs is 2. The maximum atomic E-state index is 12.9. The SMILES string of the molecule is COC[C@@]12COC[C@@H]1CN(C(=O)c1ccc3ccccc3n1)C2. The molecule has 2 saturated heterocycles. The number of rotatable bonds is 3. The van der Waals surface area contributed by atoms with Crippen molar-refractivity contribution >= 4 is 16.8 Å². The number of likely N-dealkylation sites (tertiary alicyclic amines) is 1. The highest BCUT2D eigenvalue weighted by Gasteiger charge is 2.52. The third-order valence-electron chi connectivity index (χ3n) is 5.06. The molecule has 2 aromatic rings. The predicted molar refractivity (Wildman–Crippen MR) is 86.3 cm³/mol. The zero-order valence-corrected chi connectivity index (χ0v) is 13.2. The number of pyridine rings is 1. The molecule has 0 N–H and O–H groups in total. The van der Waals surface area contributed by atoms with Gasteiger partial charge >= 0.3 is 0 Å². The summed E-state index contributed by atoms with van der Waals surface area (Å²) in [6.07, 6.45) is 0. The van der Waals surface area contributed by atoms with Gasteiger partial charge in [-0.25, -0.2) is 4.98 Å². The van der Waals surface area contributed by atoms with Gasteiger partial charge in [0.05, 0.1) is 25.3 Å². The second-order valence-electron chi connectivity index (χ2n) is 6.58. The van der Waals surface area contributed by atoms with Crippen molar-refractivity contribution in [2.45, 2.75) is 0 Å². The lowest BCUT2D eigenvalue weighted by molar-refractivity contribution is 0.0487. The van der Waals surface area contributed by atoms with Gasteiger partial charge in [0.2, 0.25) is 0 Å². The second kappa shape index (κ2) is 5.58. The zero-order chi connectivity index (χ0) is 15.9. The molecule has 2 atom stereocenters. The smallest absolute Gasteiger partial charge is 0.272 e. The molecule has 4 rings (SSSR count). The van der Waals surface area contributed by atoms with Crippen molar-refractivity contribution in [1.82, 2.24) is 9.88 Å². The van der Waals surface area contributed by atoms with Crippen molar-refractivity contribution in [1.29, 1.82) is 0 Å². The minimum Gasteiger partial charge on any atom is -0.384 e. The van der Waals surface area contributed by atoms with Crippen LogP contribution >= 0.6 is 0 Å². The Morgan fingerprint density at radius 1 is 1.39 bits per heavy atom. The van der Waals surface area contributed by atoms with E-state index >= 15 is 0 Å². The number of methoxy groups -OCH3 is 1. The molecule has 1 aromatic carbocycles. The summed E-state index contributed by atoms with van der Waals surface area (Å²) in [5.74, 6) is 0.354. The van der Waals surface area contributed by atoms with Crippen molar-refractivity contribution in [3.8, 4) is 0 Å². The van der Waals surface area contributed by atoms with Gasteiger partial charge in [-0.3, -0.25) is 4.79 Å². The predicted octanol–water partition coefficient (Wildman–Crippen LogP) is 1.97. The Bertz CT molecular complexity index is 748. The first-order valence-corrected chi connectivity index (χ1v) is 7.94. The van der Waals surface area contributed by atoms with E-state index in [0.29, 0.717) is 38.0 Å². The Morgan fingerprint density at radius 3 is 3.13 bits per heavy atom. The van der Waals surface area contributed by atoms with E-state index in [-0.39, 0.29) is 11.3 Å². The van der Waals surface area contributed by atoms with Crippen LogP contribution in [0, 0.1) is 11.3 Å². The van der Waals surface area contributed by atoms with E-state index in [1.54, 1.807) is 7.11 Å². The molecule has 2 fully saturated rings. The van der Waals surface area contributed by atoms with Crippen LogP contribution in [-0.2, 0) is 9.47 Å². The van der Waals surface area contributed by atoms with Crippen LogP contribution in [0.15, 0.2) is 36.4 Å². The molecular weight excluding hydrogens is 292 g/mol. The summed E-state index contributed by atoms with van der Waals surface area (Å²) in [7, 11) is 1.71. The van der Waals surface area contributed by atoms with Crippen LogP contribution < -0.4 is 0 Å². The van der Waals surface area contributed by atoms with E-state index in [2.05, 4.69) is 4.98 Å². The Kier molecular flexibility index (Phi) is 3.54. The lowest BCUT2D eigenvalue weighted by Crippen LogP contribution is -2.37. The summed E-state index contributed by atoms with van der Waals surface area (Å²) in [6.45, 7) is 3.40. The van der Waals surface area contributed by atoms with Gasteiger partial charge in [0.15, 0.2) is 0 Å². The Morgan fingerprint density at radius 2 is 2.26 bits per heavy atom. The van der Waals surface area contributed by atoms with Gasteiger partial charge in [-0.2, -0.15) is 0 Å². The summed E-state index contributed by atoms with van der Waals surface area (Å²) in [5.41, 5.74) is 1.31. The molecule has 5 nitrogen and oxygen atoms in total. The fourth-order valence-electron chi connectivity index (χ4n) is 3.83. The average molecular weight is 312 g/mol. The summed E-state index contributed by atoms with van der Waals surface area (Å²) in [4.78, 5) is 19.3. The van der Waals surface area contributed by atoms with Crippen molar-refractivity contribution < 1.29 is 14.3 Å². The van der Waals surface area contributed by atoms with Crippen LogP contribution in [0.25, 0.3) is 10.9 Å². The molecule has 2 aliphatic rings. The summed E-state index contributed by atoms with van der Waals surface area (Å²) in [6, 6.07) is 11.6. The number of carbonyl (C=O) groups excluding carboxylic acids is 1. The molecular formula is C18H20N2O3. The summed E-state index contributed by atoms with van der Waals surface area (Å²) < 4.78 is 11.0. The fraction of sp³-hybridized carbons (Fsp3) is 0.444. The third kappa shape index (κ3) is 2.40. The molecule has 1 amide bonds. The van der Waals surface area contributed by atoms with Crippen molar-refractivity contribution in [2.24, 2.45) is 11.3 Å². The normalized spacial score (nSPS) is 26.7. The van der Waals surface area contributed by atoms with Gasteiger partial charge in [0.1, 0.15) is 5.69 Å². The molecule has 3 heterocycles. The molecule has 0 aliphatic carbocycles. The topological polar surface area (TPSA) is 51.7 Å². The van der Waals surface area contributed by atoms with E-state index in [1.165, 1.54) is 0 Å². The molecule has 1 aromatic heterocycles. The molecule has 23 heavy (non-hydrogen) atoms. The molecule has 2 aliphatic heterocycles. The van der Waals surface area contributed by atoms with E-state index in [1.807, 2.05) is 41.3 Å². The van der Waals surface area contributed by atoms with Crippen LogP contribution in [0.3, 0.4) is 0 Å². The van der Waals surface area contributed by atoms with Gasteiger partial charge in [-0.05, 0) is 12.1 Å². The number of amides is 1. The maximum absolute atomic E-state index is 12.9. The number of hydrogen-bond acceptors (Lipinski definition) is 4. The lowest BCUT2D eigenvalue weighted by Gasteiger charge is -2.25. The van der Waals surface area contributed by atoms with Gasteiger partial charge < -0.3 is 14.4 Å². The molecule has 120 valence electrons. The minimum absolute atomic E-state index is 0.000584. The maximum Gasteiger partial charge on any atom is 0.272 e. The number of para-hydroxylation sites is 1. The highest BCUT2D eigenvalue weighted by molar-refractivity contribution is 5.95. The van der Waals surface area contributed by atoms with E-state index < -0.39 is 0 Å². The molecule has 0 spiro atoms. The first kappa shape index (κ1) is 14.6. The first-order chi connectivity index (χ1) is 11.2. The minimum atomic E-state index is -0.0543. The first-order valence-electron chi connectivity index (χ1n) is 7.94. The third-order valence-corrected chi connectivity index (χ3v) is 5.06. The van der Waals surface area contributed by atoms with Crippen molar-refractivity contribution in [3.05, 3.63) is 42.1 Å². The quantitative estimate of drug-likeness (QED) is 0.869. The standard InChI is InChI=1S/C18H20N2O3/c1-22-11-18-10-20(8-14(18)9-23-12-18)17(21)16-7-6-13-4-2-3-5-15(13)19-16/h2-7,14H,8-12H2,1H3/t14-,18-/m0/s1. The second-order valence-corrected chi connectivity index (χ2v) is 6.58. The Hall–Kier alpha value is -1.98. The number of carbonyl (C=O) groups is 1. The molecule has 0 saturated carbocycles. The number of hydrogen-bond donors (Lipinski definition) is 0. The van der Waals surface area contributed by atoms with Crippen LogP contribution in [0.2, 0.25) is 0 Å². The van der Waals surface area contributed by atoms with Gasteiger partial charge in [-0.1, -0.05) is 24.3 Å². The Balaban J connectivity index is 1.59. The monoisotopic (exact) mass is 312 g/mol. The van der Waals surface area contributed by atoms with Crippen LogP contribution in [0.4, 0.5) is 0 Å². The molecule has 0 radical (unpaired) electrons. The zero-order valence-electron chi connectivity index (χ0n) is 13.2. The summed E-state index contributed by atoms with van der Waals surface area (Å²) in [5, 5.41) is 1.05. The number of benzene rings is 1. The van der Waals surface area contributed by atoms with Gasteiger partial charge in [-0.15, -0.1) is 0 Å². The summed E-state index contributed by atoms with van der Waals surface area (Å²) >= 11 is 0. The molecule has 0 bridgehead atoms. The van der Waals surface area contributed by atoms with Crippen molar-refractivity contribution in [2.75, 3.05) is 40.0 Å².